The molecule has 0 aromatic heterocycles. The molecule has 1 aromatic rings. The maximum absolute atomic E-state index is 14.4. The number of benzene rings is 1. The molecule has 2 saturated heterocycles. The van der Waals surface area contributed by atoms with Gasteiger partial charge in [-0.25, -0.2) is 0 Å². The van der Waals surface area contributed by atoms with Crippen molar-refractivity contribution in [2.75, 3.05) is 26.2 Å². The van der Waals surface area contributed by atoms with Gasteiger partial charge in [0, 0.05) is 32.4 Å². The second kappa shape index (κ2) is 43.9. The highest BCUT2D eigenvalue weighted by Crippen LogP contribution is 2.22. The lowest BCUT2D eigenvalue weighted by molar-refractivity contribution is -0.144. The molecule has 2 heterocycles. The third-order valence-corrected chi connectivity index (χ3v) is 17.6. The molecule has 0 radical (unpaired) electrons. The van der Waals surface area contributed by atoms with Gasteiger partial charge in [0.15, 0.2) is 0 Å². The van der Waals surface area contributed by atoms with Crippen molar-refractivity contribution in [3.63, 3.8) is 0 Å². The predicted octanol–water partition coefficient (Wildman–Crippen LogP) is -5.07. The topological polar surface area (TPSA) is 600 Å². The van der Waals surface area contributed by atoms with Crippen LogP contribution in [0.5, 0.6) is 5.75 Å². The number of carboxylic acids is 3. The number of aromatic hydroxyl groups is 1. The second-order valence-electron chi connectivity index (χ2n) is 26.7. The number of carboxylic acid groups (broad SMARTS) is 3. The molecular formula is C67H107N17O21. The lowest BCUT2D eigenvalue weighted by atomic mass is 10.0. The van der Waals surface area contributed by atoms with Gasteiger partial charge >= 0.3 is 17.9 Å². The van der Waals surface area contributed by atoms with Gasteiger partial charge in [-0.15, -0.1) is 0 Å². The molecule has 0 unspecified atom stereocenters. The van der Waals surface area contributed by atoms with Gasteiger partial charge in [0.1, 0.15) is 90.3 Å². The van der Waals surface area contributed by atoms with Crippen molar-refractivity contribution >= 4 is 101 Å². The molecule has 14 amide bonds. The Morgan fingerprint density at radius 3 is 1.21 bits per heavy atom. The fourth-order valence-corrected chi connectivity index (χ4v) is 11.3. The Morgan fingerprint density at radius 2 is 0.771 bits per heavy atom. The first-order valence-electron chi connectivity index (χ1n) is 35.2. The summed E-state index contributed by atoms with van der Waals surface area (Å²) >= 11 is 0. The van der Waals surface area contributed by atoms with E-state index < -0.39 is 216 Å². The zero-order chi connectivity index (χ0) is 79.1. The third kappa shape index (κ3) is 29.5. The predicted molar refractivity (Wildman–Crippen MR) is 374 cm³/mol. The SMILES string of the molecule is CC(C)[C@H](NC(=O)[C@H](CCCCN)NC(=O)[C@@H]1CCCN1C(=O)[C@H](C)NC(=O)[C@@H](N)CCC(=O)O)C(=O)N[C@@H](CCC(=O)O)C(=O)N[C@@H](C)C(=O)N[C@@H](Cc1ccc(O)cc1)C(=O)N[C@@H](CCCCN)C(=O)N[C@@H](C)C(=O)N[C@@H](C)C(=O)N[C@@H](C)C(=O)N[C@@H](C)C(=O)N1CCC[C@H]1C(=O)N[C@@H](C)C(=O)O. The lowest BCUT2D eigenvalue weighted by Crippen LogP contribution is -2.61. The van der Waals surface area contributed by atoms with E-state index in [0.29, 0.717) is 37.7 Å². The van der Waals surface area contributed by atoms with E-state index >= 15 is 0 Å². The summed E-state index contributed by atoms with van der Waals surface area (Å²) < 4.78 is 0. The average molecular weight is 1490 g/mol. The van der Waals surface area contributed by atoms with Crippen molar-refractivity contribution < 1.29 is 102 Å². The van der Waals surface area contributed by atoms with Gasteiger partial charge in [0.25, 0.3) is 0 Å². The Kier molecular flexibility index (Phi) is 37.2. The van der Waals surface area contributed by atoms with E-state index in [0.717, 1.165) is 0 Å². The molecule has 15 atom stereocenters. The van der Waals surface area contributed by atoms with Crippen LogP contribution in [0.2, 0.25) is 0 Å². The number of carbonyl (C=O) groups excluding carboxylic acids is 14. The monoisotopic (exact) mass is 1490 g/mol. The quantitative estimate of drug-likeness (QED) is 0.0272. The minimum atomic E-state index is -1.68. The summed E-state index contributed by atoms with van der Waals surface area (Å²) in [6.07, 6.45) is 0.471. The number of hydrogen-bond donors (Lipinski definition) is 19. The molecule has 3 rings (SSSR count). The van der Waals surface area contributed by atoms with Gasteiger partial charge in [-0.2, -0.15) is 0 Å². The van der Waals surface area contributed by atoms with Gasteiger partial charge < -0.3 is 111 Å². The fourth-order valence-electron chi connectivity index (χ4n) is 11.3. The number of aliphatic carboxylic acids is 3. The summed E-state index contributed by atoms with van der Waals surface area (Å²) in [6, 6.07) is -14.3. The summed E-state index contributed by atoms with van der Waals surface area (Å²) in [5, 5.41) is 67.9. The Morgan fingerprint density at radius 1 is 0.410 bits per heavy atom. The van der Waals surface area contributed by atoms with E-state index in [-0.39, 0.29) is 76.9 Å². The molecule has 38 nitrogen and oxygen atoms in total. The maximum atomic E-state index is 14.4. The molecule has 0 spiro atoms. The molecule has 38 heteroatoms. The highest BCUT2D eigenvalue weighted by Gasteiger charge is 2.41. The second-order valence-corrected chi connectivity index (χ2v) is 26.7. The van der Waals surface area contributed by atoms with Crippen LogP contribution < -0.4 is 81.0 Å². The smallest absolute Gasteiger partial charge is 0.325 e. The van der Waals surface area contributed by atoms with Crippen LogP contribution >= 0.6 is 0 Å². The molecule has 0 bridgehead atoms. The number of amides is 14. The largest absolute Gasteiger partial charge is 0.508 e. The summed E-state index contributed by atoms with van der Waals surface area (Å²) in [5.74, 6) is -16.4. The maximum Gasteiger partial charge on any atom is 0.325 e. The van der Waals surface area contributed by atoms with E-state index in [1.165, 1.54) is 82.5 Å². The third-order valence-electron chi connectivity index (χ3n) is 17.6. The molecule has 1 aromatic carbocycles. The Hall–Kier alpha value is -10.1. The molecule has 586 valence electrons. The van der Waals surface area contributed by atoms with E-state index in [2.05, 4.69) is 63.8 Å². The van der Waals surface area contributed by atoms with Crippen LogP contribution in [0.25, 0.3) is 0 Å². The number of nitrogens with two attached hydrogens (primary N) is 3. The standard InChI is InChI=1S/C67H107N17O21/c1-33(2)52(82-60(97)45(17-11-13-29-69)79-63(100)49-19-15-31-84(49)66(103)39(8)76-57(94)43(70)24-26-50(86)87)64(101)80-46(25-27-51(88)89)59(96)74-37(6)56(93)81-47(32-41-20-22-42(85)23-21-41)61(98)78-44(16-10-12-28-68)58(95)73-36(5)54(91)71-34(3)53(90)72-35(4)55(92)75-38(7)65(102)83-30-14-18-48(83)62(99)77-40(9)67(104)105/h20-23,33-40,43-49,52,85H,10-19,24-32,68-70H2,1-9H3,(H,71,91)(H,72,90)(H,73,95)(H,74,96)(H,75,92)(H,76,94)(H,77,99)(H,78,98)(H,79,100)(H,80,101)(H,81,93)(H,82,97)(H,86,87)(H,88,89)(H,104,105)/t34-,35-,36-,37-,38-,39-,40-,43-,44-,45-,46-,47-,48-,49-,52-/m0/s1. The van der Waals surface area contributed by atoms with Crippen molar-refractivity contribution in [3.05, 3.63) is 29.8 Å². The van der Waals surface area contributed by atoms with E-state index in [1.54, 1.807) is 13.8 Å². The Bertz CT molecular complexity index is 3250. The number of hydrogen-bond acceptors (Lipinski definition) is 21. The number of likely N-dealkylation sites (tertiary alicyclic amines) is 2. The van der Waals surface area contributed by atoms with Crippen molar-refractivity contribution in [1.29, 1.82) is 0 Å². The highest BCUT2D eigenvalue weighted by atomic mass is 16.4. The van der Waals surface area contributed by atoms with Crippen LogP contribution in [0.1, 0.15) is 158 Å². The summed E-state index contributed by atoms with van der Waals surface area (Å²) in [5.41, 5.74) is 17.7. The molecule has 2 aliphatic rings. The summed E-state index contributed by atoms with van der Waals surface area (Å²) in [6.45, 7) is 12.9. The van der Waals surface area contributed by atoms with Crippen molar-refractivity contribution in [1.82, 2.24) is 73.6 Å². The number of nitrogens with zero attached hydrogens (tertiary/aromatic N) is 2. The first-order chi connectivity index (χ1) is 49.3. The van der Waals surface area contributed by atoms with Gasteiger partial charge in [0.2, 0.25) is 82.7 Å². The number of carbonyl (C=O) groups is 17. The van der Waals surface area contributed by atoms with Gasteiger partial charge in [0.05, 0.1) is 6.04 Å². The minimum Gasteiger partial charge on any atom is -0.508 e. The fraction of sp³-hybridized carbons (Fsp3) is 0.657. The van der Waals surface area contributed by atoms with Crippen LogP contribution in [0.15, 0.2) is 24.3 Å². The molecule has 22 N–H and O–H groups in total. The number of unbranched alkanes of at least 4 members (excludes halogenated alkanes) is 2. The normalized spacial score (nSPS) is 17.8. The zero-order valence-electron chi connectivity index (χ0n) is 60.8. The van der Waals surface area contributed by atoms with E-state index in [9.17, 15) is 96.8 Å². The summed E-state index contributed by atoms with van der Waals surface area (Å²) in [4.78, 5) is 228. The van der Waals surface area contributed by atoms with Gasteiger partial charge in [-0.3, -0.25) is 81.5 Å². The van der Waals surface area contributed by atoms with Crippen LogP contribution in [-0.4, -0.2) is 248 Å². The first-order valence-corrected chi connectivity index (χ1v) is 35.2. The molecule has 0 saturated carbocycles. The van der Waals surface area contributed by atoms with Crippen LogP contribution in [0.3, 0.4) is 0 Å². The molecule has 0 aliphatic carbocycles. The first kappa shape index (κ1) is 89.1. The molecule has 2 fully saturated rings. The molecular weight excluding hydrogens is 1380 g/mol. The lowest BCUT2D eigenvalue weighted by Gasteiger charge is -2.30. The van der Waals surface area contributed by atoms with Crippen molar-refractivity contribution in [2.45, 2.75) is 249 Å². The van der Waals surface area contributed by atoms with Crippen LogP contribution in [-0.2, 0) is 87.9 Å². The summed E-state index contributed by atoms with van der Waals surface area (Å²) in [7, 11) is 0. The average Bonchev–Trinajstić information content (AvgIpc) is 1.72. The van der Waals surface area contributed by atoms with Crippen molar-refractivity contribution in [3.8, 4) is 5.75 Å². The molecule has 105 heavy (non-hydrogen) atoms. The van der Waals surface area contributed by atoms with Gasteiger partial charge in [-0.05, 0) is 162 Å². The van der Waals surface area contributed by atoms with Crippen LogP contribution in [0, 0.1) is 5.92 Å². The van der Waals surface area contributed by atoms with E-state index in [4.69, 9.17) is 22.3 Å². The number of phenols is 1. The number of phenolic OH excluding ortho intramolecular Hbond substituents is 1. The van der Waals surface area contributed by atoms with E-state index in [1.807, 2.05) is 0 Å². The molecule has 2 aliphatic heterocycles. The minimum absolute atomic E-state index is 0.00900. The number of nitrogens with one attached hydrogen (secondary N) is 12. The zero-order valence-corrected chi connectivity index (χ0v) is 60.8. The Balaban J connectivity index is 1.75. The van der Waals surface area contributed by atoms with Gasteiger partial charge in [-0.1, -0.05) is 26.0 Å². The Labute approximate surface area is 608 Å². The van der Waals surface area contributed by atoms with Crippen LogP contribution in [0.4, 0.5) is 0 Å². The number of rotatable bonds is 44. The van der Waals surface area contributed by atoms with Crippen molar-refractivity contribution in [2.24, 2.45) is 23.1 Å². The highest BCUT2D eigenvalue weighted by molar-refractivity contribution is 6.00.